The van der Waals surface area contributed by atoms with E-state index in [1.54, 1.807) is 6.08 Å². The second-order valence-corrected chi connectivity index (χ2v) is 12.0. The summed E-state index contributed by atoms with van der Waals surface area (Å²) in [5.41, 5.74) is 0.400. The molecule has 3 fully saturated rings. The number of carbonyl (C=O) groups excluding carboxylic acids is 2. The Labute approximate surface area is 209 Å². The maximum absolute atomic E-state index is 12.8. The van der Waals surface area contributed by atoms with Gasteiger partial charge >= 0.3 is 0 Å². The number of fused-ring (bicyclic) bond motifs is 5. The lowest BCUT2D eigenvalue weighted by Crippen LogP contribution is -2.67. The summed E-state index contributed by atoms with van der Waals surface area (Å²) in [7, 11) is 1.92. The van der Waals surface area contributed by atoms with Gasteiger partial charge in [-0.25, -0.2) is 0 Å². The maximum atomic E-state index is 12.8. The van der Waals surface area contributed by atoms with Crippen molar-refractivity contribution in [3.8, 4) is 0 Å². The summed E-state index contributed by atoms with van der Waals surface area (Å²) < 4.78 is 0. The van der Waals surface area contributed by atoms with Gasteiger partial charge in [0.05, 0.1) is 11.6 Å². The monoisotopic (exact) mass is 476 g/mol. The first-order valence-corrected chi connectivity index (χ1v) is 13.3. The van der Waals surface area contributed by atoms with Crippen LogP contribution in [0.25, 0.3) is 0 Å². The zero-order valence-corrected chi connectivity index (χ0v) is 21.4. The number of nitrogens with one attached hydrogen (secondary N) is 1. The first-order chi connectivity index (χ1) is 16.7. The molecule has 0 aromatic heterocycles. The lowest BCUT2D eigenvalue weighted by molar-refractivity contribution is -0.151. The molecule has 5 nitrogen and oxygen atoms in total. The Morgan fingerprint density at radius 1 is 1.20 bits per heavy atom. The highest BCUT2D eigenvalue weighted by Crippen LogP contribution is 2.67. The molecule has 188 valence electrons. The van der Waals surface area contributed by atoms with Crippen LogP contribution in [-0.4, -0.2) is 40.5 Å². The zero-order chi connectivity index (χ0) is 25.0. The van der Waals surface area contributed by atoms with Gasteiger partial charge in [-0.15, -0.1) is 6.58 Å². The van der Waals surface area contributed by atoms with E-state index in [4.69, 9.17) is 0 Å². The third-order valence-corrected chi connectivity index (χ3v) is 10.7. The Bertz CT molecular complexity index is 1040. The van der Waals surface area contributed by atoms with Crippen LogP contribution < -0.4 is 5.32 Å². The van der Waals surface area contributed by atoms with Gasteiger partial charge in [0.1, 0.15) is 0 Å². The van der Waals surface area contributed by atoms with Crippen molar-refractivity contribution in [1.29, 1.82) is 0 Å². The van der Waals surface area contributed by atoms with Gasteiger partial charge in [0, 0.05) is 25.4 Å². The molecule has 0 radical (unpaired) electrons. The summed E-state index contributed by atoms with van der Waals surface area (Å²) in [6.07, 6.45) is 10.6. The number of rotatable bonds is 5. The normalized spacial score (nSPS) is 42.1. The first-order valence-electron chi connectivity index (χ1n) is 13.3. The maximum Gasteiger partial charge on any atom is 0.246 e. The van der Waals surface area contributed by atoms with Crippen molar-refractivity contribution in [2.75, 3.05) is 7.05 Å². The van der Waals surface area contributed by atoms with Gasteiger partial charge in [0.15, 0.2) is 0 Å². The Morgan fingerprint density at radius 2 is 1.94 bits per heavy atom. The molecule has 1 aromatic carbocycles. The minimum atomic E-state index is -0.457. The highest BCUT2D eigenvalue weighted by molar-refractivity contribution is 5.90. The minimum absolute atomic E-state index is 0.00966. The van der Waals surface area contributed by atoms with Crippen molar-refractivity contribution < 1.29 is 14.7 Å². The molecule has 8 atom stereocenters. The molecule has 2 unspecified atom stereocenters. The molecule has 35 heavy (non-hydrogen) atoms. The predicted octanol–water partition coefficient (Wildman–Crippen LogP) is 4.48. The summed E-state index contributed by atoms with van der Waals surface area (Å²) in [5.74, 6) is 1.36. The first kappa shape index (κ1) is 24.3. The van der Waals surface area contributed by atoms with E-state index in [2.05, 4.69) is 31.8 Å². The van der Waals surface area contributed by atoms with Crippen LogP contribution in [0.4, 0.5) is 0 Å². The zero-order valence-electron chi connectivity index (χ0n) is 21.4. The van der Waals surface area contributed by atoms with Gasteiger partial charge in [0.2, 0.25) is 11.8 Å². The quantitative estimate of drug-likeness (QED) is 0.616. The second kappa shape index (κ2) is 8.62. The standard InChI is InChI=1S/C30H40N2O3/c1-5-30-16-11-22-23(29(30,3)15-13-26(34)32(30)4)12-14-28(2)24(22)17-21(27(28)35)18-25(33)31-19-20-9-7-6-8-10-20/h5-10,13,15,21-24,27,35H,1,11-12,14,16-19H2,2-4H3,(H,31,33)/t21-,22?,23?,24-,27-,28-,29+,30+/m0/s1. The smallest absolute Gasteiger partial charge is 0.246 e. The molecule has 0 spiro atoms. The fourth-order valence-electron chi connectivity index (χ4n) is 8.67. The Morgan fingerprint density at radius 3 is 2.66 bits per heavy atom. The second-order valence-electron chi connectivity index (χ2n) is 12.0. The summed E-state index contributed by atoms with van der Waals surface area (Å²) >= 11 is 0. The third-order valence-electron chi connectivity index (χ3n) is 10.7. The van der Waals surface area contributed by atoms with E-state index in [-0.39, 0.29) is 34.1 Å². The number of nitrogens with zero attached hydrogens (tertiary/aromatic N) is 1. The summed E-state index contributed by atoms with van der Waals surface area (Å²) in [4.78, 5) is 27.3. The van der Waals surface area contributed by atoms with Crippen molar-refractivity contribution >= 4 is 11.8 Å². The van der Waals surface area contributed by atoms with Crippen molar-refractivity contribution in [2.24, 2.45) is 34.5 Å². The van der Waals surface area contributed by atoms with Crippen molar-refractivity contribution in [1.82, 2.24) is 10.2 Å². The Kier molecular flexibility index (Phi) is 5.98. The molecule has 5 rings (SSSR count). The minimum Gasteiger partial charge on any atom is -0.392 e. The number of likely N-dealkylation sites (N-methyl/N-ethyl adjacent to an activating group) is 1. The van der Waals surface area contributed by atoms with Gasteiger partial charge < -0.3 is 15.3 Å². The Hall–Kier alpha value is -2.40. The van der Waals surface area contributed by atoms with Crippen LogP contribution in [0.15, 0.2) is 55.1 Å². The van der Waals surface area contributed by atoms with E-state index in [0.29, 0.717) is 30.7 Å². The SMILES string of the molecule is C=C[C@@]12CCC3C(CC[C@@]4(C)[C@H]3C[C@@H](CC(=O)NCc3ccccc3)[C@@H]4O)[C@@]1(C)C=CC(=O)N2C. The molecule has 0 saturated heterocycles. The fourth-order valence-corrected chi connectivity index (χ4v) is 8.67. The summed E-state index contributed by atoms with van der Waals surface area (Å²) in [6.45, 7) is 9.28. The molecule has 0 bridgehead atoms. The van der Waals surface area contributed by atoms with Gasteiger partial charge in [-0.3, -0.25) is 9.59 Å². The van der Waals surface area contributed by atoms with E-state index in [1.807, 2.05) is 48.4 Å². The van der Waals surface area contributed by atoms with Crippen LogP contribution in [0.1, 0.15) is 57.9 Å². The fraction of sp³-hybridized carbons (Fsp3) is 0.600. The highest BCUT2D eigenvalue weighted by atomic mass is 16.3. The summed E-state index contributed by atoms with van der Waals surface area (Å²) in [5, 5.41) is 14.5. The third kappa shape index (κ3) is 3.53. The Balaban J connectivity index is 1.34. The molecule has 1 aromatic rings. The van der Waals surface area contributed by atoms with Crippen molar-refractivity contribution in [3.05, 3.63) is 60.7 Å². The van der Waals surface area contributed by atoms with E-state index >= 15 is 0 Å². The van der Waals surface area contributed by atoms with Crippen LogP contribution in [0, 0.1) is 34.5 Å². The van der Waals surface area contributed by atoms with Crippen LogP contribution in [0.5, 0.6) is 0 Å². The number of hydrogen-bond donors (Lipinski definition) is 2. The number of aliphatic hydroxyl groups excluding tert-OH is 1. The van der Waals surface area contributed by atoms with Crippen LogP contribution in [0.2, 0.25) is 0 Å². The molecule has 1 heterocycles. The average Bonchev–Trinajstić information content (AvgIpc) is 3.11. The highest BCUT2D eigenvalue weighted by Gasteiger charge is 2.65. The molecule has 2 N–H and O–H groups in total. The van der Waals surface area contributed by atoms with Crippen molar-refractivity contribution in [3.63, 3.8) is 0 Å². The lowest BCUT2D eigenvalue weighted by atomic mass is 9.44. The van der Waals surface area contributed by atoms with Gasteiger partial charge in [-0.2, -0.15) is 0 Å². The van der Waals surface area contributed by atoms with Gasteiger partial charge in [-0.1, -0.05) is 56.3 Å². The average molecular weight is 477 g/mol. The predicted molar refractivity (Wildman–Crippen MR) is 137 cm³/mol. The van der Waals surface area contributed by atoms with Gasteiger partial charge in [0.25, 0.3) is 0 Å². The largest absolute Gasteiger partial charge is 0.392 e. The number of hydrogen-bond acceptors (Lipinski definition) is 3. The van der Waals surface area contributed by atoms with E-state index in [9.17, 15) is 14.7 Å². The van der Waals surface area contributed by atoms with Crippen LogP contribution >= 0.6 is 0 Å². The van der Waals surface area contributed by atoms with Crippen molar-refractivity contribution in [2.45, 2.75) is 70.6 Å². The summed E-state index contributed by atoms with van der Waals surface area (Å²) in [6, 6.07) is 9.95. The van der Waals surface area contributed by atoms with E-state index < -0.39 is 6.10 Å². The molecule has 3 saturated carbocycles. The molecule has 1 aliphatic heterocycles. The molecular formula is C30H40N2O3. The number of amides is 2. The number of benzene rings is 1. The molecule has 5 heteroatoms. The van der Waals surface area contributed by atoms with E-state index in [0.717, 1.165) is 37.7 Å². The van der Waals surface area contributed by atoms with Crippen LogP contribution in [-0.2, 0) is 16.1 Å². The van der Waals surface area contributed by atoms with E-state index in [1.165, 1.54) is 0 Å². The molecular weight excluding hydrogens is 436 g/mol. The molecule has 4 aliphatic rings. The van der Waals surface area contributed by atoms with Gasteiger partial charge in [-0.05, 0) is 72.8 Å². The topological polar surface area (TPSA) is 69.6 Å². The van der Waals surface area contributed by atoms with Crippen LogP contribution in [0.3, 0.4) is 0 Å². The lowest BCUT2D eigenvalue weighted by Gasteiger charge is -2.64. The number of aliphatic hydroxyl groups is 1. The number of carbonyl (C=O) groups is 2. The molecule has 2 amide bonds. The molecule has 3 aliphatic carbocycles.